The van der Waals surface area contributed by atoms with Crippen LogP contribution in [0.4, 0.5) is 14.6 Å². The zero-order valence-corrected chi connectivity index (χ0v) is 8.50. The molecule has 0 atom stereocenters. The van der Waals surface area contributed by atoms with Gasteiger partial charge in [0.1, 0.15) is 5.82 Å². The van der Waals surface area contributed by atoms with Crippen molar-refractivity contribution in [2.45, 2.75) is 20.3 Å². The highest BCUT2D eigenvalue weighted by atomic mass is 19.3. The summed E-state index contributed by atoms with van der Waals surface area (Å²) in [6.07, 6.45) is -1.31. The number of hydrogen-bond acceptors (Lipinski definition) is 2. The Morgan fingerprint density at radius 2 is 2.13 bits per heavy atom. The Morgan fingerprint density at radius 3 is 2.67 bits per heavy atom. The van der Waals surface area contributed by atoms with Crippen LogP contribution in [0.15, 0.2) is 18.3 Å². The van der Waals surface area contributed by atoms with Gasteiger partial charge in [0, 0.05) is 17.7 Å². The molecule has 1 N–H and O–H groups in total. The van der Waals surface area contributed by atoms with Gasteiger partial charge in [0.2, 0.25) is 5.91 Å². The molecule has 0 saturated heterocycles. The van der Waals surface area contributed by atoms with Crippen LogP contribution >= 0.6 is 0 Å². The summed E-state index contributed by atoms with van der Waals surface area (Å²) in [5.41, 5.74) is -0.149. The fraction of sp³-hybridized carbons (Fsp3) is 0.400. The van der Waals surface area contributed by atoms with E-state index >= 15 is 0 Å². The Kier molecular flexibility index (Phi) is 3.71. The van der Waals surface area contributed by atoms with E-state index in [1.54, 1.807) is 13.8 Å². The lowest BCUT2D eigenvalue weighted by atomic mass is 10.2. The van der Waals surface area contributed by atoms with E-state index in [9.17, 15) is 13.6 Å². The van der Waals surface area contributed by atoms with Crippen molar-refractivity contribution in [3.8, 4) is 0 Å². The molecule has 0 spiro atoms. The molecule has 0 aliphatic rings. The van der Waals surface area contributed by atoms with Crippen molar-refractivity contribution in [1.29, 1.82) is 0 Å². The molecular weight excluding hydrogens is 202 g/mol. The second kappa shape index (κ2) is 4.82. The first-order valence-electron chi connectivity index (χ1n) is 4.55. The molecule has 5 heteroatoms. The molecule has 0 aromatic carbocycles. The van der Waals surface area contributed by atoms with Crippen LogP contribution in [0, 0.1) is 5.92 Å². The molecule has 3 nitrogen and oxygen atoms in total. The van der Waals surface area contributed by atoms with E-state index in [1.807, 2.05) is 0 Å². The van der Waals surface area contributed by atoms with E-state index in [0.29, 0.717) is 0 Å². The number of carbonyl (C=O) groups is 1. The first-order chi connectivity index (χ1) is 7.00. The van der Waals surface area contributed by atoms with Gasteiger partial charge in [-0.1, -0.05) is 13.8 Å². The number of rotatable bonds is 3. The standard InChI is InChI=1S/C10H12F2N2O/c1-6(2)10(15)14-8-5-7(9(11)12)3-4-13-8/h3-6,9H,1-2H3,(H,13,14,15). The largest absolute Gasteiger partial charge is 0.310 e. The lowest BCUT2D eigenvalue weighted by Crippen LogP contribution is -2.18. The summed E-state index contributed by atoms with van der Waals surface area (Å²) in [6, 6.07) is 2.39. The minimum absolute atomic E-state index is 0.149. The van der Waals surface area contributed by atoms with Gasteiger partial charge in [-0.05, 0) is 12.1 Å². The average Bonchev–Trinajstić information content (AvgIpc) is 2.18. The maximum atomic E-state index is 12.3. The molecule has 0 unspecified atom stereocenters. The third kappa shape index (κ3) is 3.27. The summed E-state index contributed by atoms with van der Waals surface area (Å²) in [5.74, 6) is -0.289. The molecule has 0 saturated carbocycles. The van der Waals surface area contributed by atoms with Gasteiger partial charge in [-0.3, -0.25) is 4.79 Å². The minimum Gasteiger partial charge on any atom is -0.310 e. The first-order valence-corrected chi connectivity index (χ1v) is 4.55. The van der Waals surface area contributed by atoms with E-state index in [2.05, 4.69) is 10.3 Å². The maximum Gasteiger partial charge on any atom is 0.264 e. The summed E-state index contributed by atoms with van der Waals surface area (Å²) in [5, 5.41) is 2.45. The number of aromatic nitrogens is 1. The van der Waals surface area contributed by atoms with Crippen LogP contribution in [0.3, 0.4) is 0 Å². The van der Waals surface area contributed by atoms with Crippen LogP contribution in [-0.4, -0.2) is 10.9 Å². The summed E-state index contributed by atoms with van der Waals surface area (Å²) >= 11 is 0. The quantitative estimate of drug-likeness (QED) is 0.840. The number of halogens is 2. The summed E-state index contributed by atoms with van der Waals surface area (Å²) in [6.45, 7) is 3.43. The normalized spacial score (nSPS) is 10.8. The fourth-order valence-electron chi connectivity index (χ4n) is 0.922. The van der Waals surface area contributed by atoms with Gasteiger partial charge >= 0.3 is 0 Å². The zero-order valence-electron chi connectivity index (χ0n) is 8.50. The summed E-state index contributed by atoms with van der Waals surface area (Å²) in [7, 11) is 0. The van der Waals surface area contributed by atoms with Crippen LogP contribution in [0.25, 0.3) is 0 Å². The van der Waals surface area contributed by atoms with Crippen molar-refractivity contribution in [3.63, 3.8) is 0 Å². The van der Waals surface area contributed by atoms with Crippen molar-refractivity contribution in [1.82, 2.24) is 4.98 Å². The molecular formula is C10H12F2N2O. The van der Waals surface area contributed by atoms with E-state index in [1.165, 1.54) is 18.3 Å². The van der Waals surface area contributed by atoms with E-state index in [4.69, 9.17) is 0 Å². The number of alkyl halides is 2. The van der Waals surface area contributed by atoms with E-state index < -0.39 is 6.43 Å². The van der Waals surface area contributed by atoms with Crippen molar-refractivity contribution < 1.29 is 13.6 Å². The highest BCUT2D eigenvalue weighted by molar-refractivity contribution is 5.91. The van der Waals surface area contributed by atoms with Crippen molar-refractivity contribution in [3.05, 3.63) is 23.9 Å². The topological polar surface area (TPSA) is 42.0 Å². The highest BCUT2D eigenvalue weighted by Gasteiger charge is 2.11. The Balaban J connectivity index is 2.78. The van der Waals surface area contributed by atoms with Crippen molar-refractivity contribution in [2.24, 2.45) is 5.92 Å². The number of pyridine rings is 1. The monoisotopic (exact) mass is 214 g/mol. The molecule has 1 heterocycles. The highest BCUT2D eigenvalue weighted by Crippen LogP contribution is 2.20. The molecule has 0 radical (unpaired) electrons. The predicted molar refractivity (Wildman–Crippen MR) is 52.7 cm³/mol. The number of nitrogens with zero attached hydrogens (tertiary/aromatic N) is 1. The van der Waals surface area contributed by atoms with E-state index in [-0.39, 0.29) is 23.2 Å². The number of hydrogen-bond donors (Lipinski definition) is 1. The minimum atomic E-state index is -2.55. The molecule has 15 heavy (non-hydrogen) atoms. The second-order valence-corrected chi connectivity index (χ2v) is 3.42. The van der Waals surface area contributed by atoms with Gasteiger partial charge in [-0.25, -0.2) is 13.8 Å². The zero-order chi connectivity index (χ0) is 11.4. The second-order valence-electron chi connectivity index (χ2n) is 3.42. The lowest BCUT2D eigenvalue weighted by molar-refractivity contribution is -0.118. The van der Waals surface area contributed by atoms with Crippen LogP contribution in [-0.2, 0) is 4.79 Å². The number of nitrogens with one attached hydrogen (secondary N) is 1. The smallest absolute Gasteiger partial charge is 0.264 e. The Bertz CT molecular complexity index is 353. The third-order valence-electron chi connectivity index (χ3n) is 1.81. The van der Waals surface area contributed by atoms with Crippen LogP contribution in [0.5, 0.6) is 0 Å². The van der Waals surface area contributed by atoms with Gasteiger partial charge in [-0.2, -0.15) is 0 Å². The van der Waals surface area contributed by atoms with Crippen molar-refractivity contribution >= 4 is 11.7 Å². The molecule has 1 amide bonds. The maximum absolute atomic E-state index is 12.3. The number of amides is 1. The van der Waals surface area contributed by atoms with Gasteiger partial charge in [0.05, 0.1) is 0 Å². The average molecular weight is 214 g/mol. The van der Waals surface area contributed by atoms with Crippen LogP contribution in [0.2, 0.25) is 0 Å². The molecule has 82 valence electrons. The Hall–Kier alpha value is -1.52. The predicted octanol–water partition coefficient (Wildman–Crippen LogP) is 2.61. The number of carbonyl (C=O) groups excluding carboxylic acids is 1. The fourth-order valence-corrected chi connectivity index (χ4v) is 0.922. The van der Waals surface area contributed by atoms with E-state index in [0.717, 1.165) is 0 Å². The van der Waals surface area contributed by atoms with Gasteiger partial charge in [0.15, 0.2) is 0 Å². The van der Waals surface area contributed by atoms with Crippen LogP contribution < -0.4 is 5.32 Å². The number of anilines is 1. The molecule has 1 aromatic heterocycles. The molecule has 0 bridgehead atoms. The lowest BCUT2D eigenvalue weighted by Gasteiger charge is -2.07. The first kappa shape index (κ1) is 11.6. The molecule has 1 aromatic rings. The molecule has 0 aliphatic carbocycles. The van der Waals surface area contributed by atoms with Gasteiger partial charge < -0.3 is 5.32 Å². The third-order valence-corrected chi connectivity index (χ3v) is 1.81. The van der Waals surface area contributed by atoms with Gasteiger partial charge in [-0.15, -0.1) is 0 Å². The summed E-state index contributed by atoms with van der Waals surface area (Å²) < 4.78 is 24.6. The SMILES string of the molecule is CC(C)C(=O)Nc1cc(C(F)F)ccn1. The molecule has 1 rings (SSSR count). The Labute approximate surface area is 86.5 Å². The molecule has 0 fully saturated rings. The molecule has 0 aliphatic heterocycles. The Morgan fingerprint density at radius 1 is 1.47 bits per heavy atom. The van der Waals surface area contributed by atoms with Crippen molar-refractivity contribution in [2.75, 3.05) is 5.32 Å². The summed E-state index contributed by atoms with van der Waals surface area (Å²) in [4.78, 5) is 15.0. The van der Waals surface area contributed by atoms with Gasteiger partial charge in [0.25, 0.3) is 6.43 Å². The van der Waals surface area contributed by atoms with Crippen LogP contribution in [0.1, 0.15) is 25.8 Å².